The van der Waals surface area contributed by atoms with E-state index in [-0.39, 0.29) is 0 Å². The Labute approximate surface area is 71.7 Å². The van der Waals surface area contributed by atoms with Crippen LogP contribution in [0.3, 0.4) is 0 Å². The van der Waals surface area contributed by atoms with Crippen LogP contribution in [-0.2, 0) is 9.59 Å². The highest BCUT2D eigenvalue weighted by molar-refractivity contribution is 6.31. The van der Waals surface area contributed by atoms with Gasteiger partial charge in [-0.2, -0.15) is 13.2 Å². The molecule has 0 spiro atoms. The maximum absolute atomic E-state index is 11.7. The van der Waals surface area contributed by atoms with E-state index in [2.05, 4.69) is 0 Å². The van der Waals surface area contributed by atoms with Crippen LogP contribution in [0.1, 0.15) is 13.3 Å². The molecule has 0 aromatic carbocycles. The van der Waals surface area contributed by atoms with Gasteiger partial charge in [0.05, 0.1) is 6.42 Å². The average molecular weight is 199 g/mol. The van der Waals surface area contributed by atoms with Crippen molar-refractivity contribution in [3.05, 3.63) is 0 Å². The number of nitrogens with one attached hydrogen (secondary N) is 1. The zero-order chi connectivity index (χ0) is 10.6. The molecule has 0 heterocycles. The van der Waals surface area contributed by atoms with Crippen LogP contribution in [-0.4, -0.2) is 29.2 Å². The maximum atomic E-state index is 11.7. The lowest BCUT2D eigenvalue weighted by Gasteiger charge is -2.13. The molecule has 1 unspecified atom stereocenters. The van der Waals surface area contributed by atoms with E-state index in [9.17, 15) is 22.8 Å². The average Bonchev–Trinajstić information content (AvgIpc) is 1.81. The first kappa shape index (κ1) is 11.7. The molecule has 76 valence electrons. The Kier molecular flexibility index (Phi) is 3.70. The summed E-state index contributed by atoms with van der Waals surface area (Å²) in [5.74, 6) is -3.23. The zero-order valence-electron chi connectivity index (χ0n) is 6.68. The number of amides is 1. The molecule has 2 N–H and O–H groups in total. The van der Waals surface area contributed by atoms with Gasteiger partial charge in [-0.05, 0) is 6.92 Å². The lowest BCUT2D eigenvalue weighted by Crippen LogP contribution is -2.39. The highest BCUT2D eigenvalue weighted by atomic mass is 19.4. The van der Waals surface area contributed by atoms with Gasteiger partial charge in [0.2, 0.25) is 0 Å². The van der Waals surface area contributed by atoms with E-state index < -0.39 is 30.5 Å². The molecule has 0 saturated heterocycles. The molecule has 0 radical (unpaired) electrons. The van der Waals surface area contributed by atoms with Crippen molar-refractivity contribution >= 4 is 11.9 Å². The van der Waals surface area contributed by atoms with Crippen LogP contribution in [0.4, 0.5) is 13.2 Å². The van der Waals surface area contributed by atoms with Gasteiger partial charge in [-0.25, -0.2) is 4.79 Å². The van der Waals surface area contributed by atoms with Gasteiger partial charge in [0.1, 0.15) is 0 Å². The van der Waals surface area contributed by atoms with E-state index in [1.807, 2.05) is 0 Å². The molecule has 1 atom stereocenters. The third-order valence-corrected chi connectivity index (χ3v) is 1.11. The van der Waals surface area contributed by atoms with Gasteiger partial charge in [-0.15, -0.1) is 0 Å². The number of hydrogen-bond acceptors (Lipinski definition) is 2. The van der Waals surface area contributed by atoms with Crippen LogP contribution in [0.5, 0.6) is 0 Å². The first-order chi connectivity index (χ1) is 5.72. The van der Waals surface area contributed by atoms with Crippen molar-refractivity contribution < 1.29 is 27.9 Å². The molecule has 13 heavy (non-hydrogen) atoms. The normalized spacial score (nSPS) is 13.5. The van der Waals surface area contributed by atoms with Gasteiger partial charge in [0.15, 0.2) is 0 Å². The van der Waals surface area contributed by atoms with Crippen LogP contribution in [0.15, 0.2) is 0 Å². The van der Waals surface area contributed by atoms with Crippen LogP contribution >= 0.6 is 0 Å². The largest absolute Gasteiger partial charge is 0.474 e. The Hall–Kier alpha value is -1.27. The van der Waals surface area contributed by atoms with Crippen molar-refractivity contribution in [3.63, 3.8) is 0 Å². The van der Waals surface area contributed by atoms with Crippen molar-refractivity contribution in [3.8, 4) is 0 Å². The molecule has 0 bridgehead atoms. The molecular weight excluding hydrogens is 191 g/mol. The molecule has 0 aromatic rings. The number of alkyl halides is 3. The molecule has 0 fully saturated rings. The fourth-order valence-corrected chi connectivity index (χ4v) is 0.684. The minimum atomic E-state index is -4.41. The van der Waals surface area contributed by atoms with Gasteiger partial charge >= 0.3 is 18.1 Å². The topological polar surface area (TPSA) is 66.4 Å². The maximum Gasteiger partial charge on any atom is 0.394 e. The second-order valence-electron chi connectivity index (χ2n) is 2.50. The van der Waals surface area contributed by atoms with E-state index in [1.165, 1.54) is 0 Å². The number of rotatable bonds is 2. The Balaban J connectivity index is 3.95. The van der Waals surface area contributed by atoms with Gasteiger partial charge in [0.25, 0.3) is 0 Å². The highest BCUT2D eigenvalue weighted by Gasteiger charge is 2.31. The number of halogens is 3. The number of aliphatic carboxylic acids is 1. The van der Waals surface area contributed by atoms with Crippen LogP contribution in [0.2, 0.25) is 0 Å². The quantitative estimate of drug-likeness (QED) is 0.637. The predicted molar refractivity (Wildman–Crippen MR) is 35.9 cm³/mol. The van der Waals surface area contributed by atoms with E-state index in [4.69, 9.17) is 5.11 Å². The molecule has 0 aliphatic heterocycles. The summed E-state index contributed by atoms with van der Waals surface area (Å²) >= 11 is 0. The smallest absolute Gasteiger partial charge is 0.394 e. The Morgan fingerprint density at radius 1 is 1.46 bits per heavy atom. The molecule has 0 aliphatic rings. The van der Waals surface area contributed by atoms with Crippen molar-refractivity contribution in [2.75, 3.05) is 0 Å². The first-order valence-electron chi connectivity index (χ1n) is 3.33. The molecule has 7 heteroatoms. The van der Waals surface area contributed by atoms with Gasteiger partial charge in [-0.1, -0.05) is 0 Å². The van der Waals surface area contributed by atoms with E-state index in [1.54, 1.807) is 5.32 Å². The van der Waals surface area contributed by atoms with Gasteiger partial charge in [0, 0.05) is 6.04 Å². The standard InChI is InChI=1S/C6H8F3NO3/c1-3(2-6(7,8)9)10-4(11)5(12)13/h3H,2H2,1H3,(H,10,11)(H,12,13). The summed E-state index contributed by atoms with van der Waals surface area (Å²) in [5, 5.41) is 9.71. The molecule has 0 saturated carbocycles. The Morgan fingerprint density at radius 2 is 1.92 bits per heavy atom. The SMILES string of the molecule is CC(CC(F)(F)F)NC(=O)C(=O)O. The third kappa shape index (κ3) is 5.94. The summed E-state index contributed by atoms with van der Waals surface area (Å²) in [6.45, 7) is 1.08. The number of carbonyl (C=O) groups is 2. The van der Waals surface area contributed by atoms with E-state index in [0.717, 1.165) is 6.92 Å². The van der Waals surface area contributed by atoms with E-state index in [0.29, 0.717) is 0 Å². The molecule has 0 rings (SSSR count). The molecule has 1 amide bonds. The van der Waals surface area contributed by atoms with E-state index >= 15 is 0 Å². The van der Waals surface area contributed by atoms with Crippen LogP contribution in [0, 0.1) is 0 Å². The van der Waals surface area contributed by atoms with Crippen LogP contribution in [0.25, 0.3) is 0 Å². The van der Waals surface area contributed by atoms with Crippen molar-refractivity contribution in [1.29, 1.82) is 0 Å². The number of carboxylic acid groups (broad SMARTS) is 1. The Morgan fingerprint density at radius 3 is 2.23 bits per heavy atom. The summed E-state index contributed by atoms with van der Waals surface area (Å²) in [5.41, 5.74) is 0. The summed E-state index contributed by atoms with van der Waals surface area (Å²) in [4.78, 5) is 20.3. The second kappa shape index (κ2) is 4.11. The lowest BCUT2D eigenvalue weighted by molar-refractivity contribution is -0.153. The molecular formula is C6H8F3NO3. The number of carboxylic acids is 1. The fourth-order valence-electron chi connectivity index (χ4n) is 0.684. The number of carbonyl (C=O) groups excluding carboxylic acids is 1. The Bertz CT molecular complexity index is 214. The lowest BCUT2D eigenvalue weighted by atomic mass is 10.2. The minimum absolute atomic E-state index is 1.08. The third-order valence-electron chi connectivity index (χ3n) is 1.11. The summed E-state index contributed by atoms with van der Waals surface area (Å²) < 4.78 is 35.0. The van der Waals surface area contributed by atoms with Gasteiger partial charge < -0.3 is 10.4 Å². The second-order valence-corrected chi connectivity index (χ2v) is 2.50. The van der Waals surface area contributed by atoms with Gasteiger partial charge in [-0.3, -0.25) is 4.79 Å². The molecule has 4 nitrogen and oxygen atoms in total. The minimum Gasteiger partial charge on any atom is -0.474 e. The van der Waals surface area contributed by atoms with Crippen molar-refractivity contribution in [2.24, 2.45) is 0 Å². The summed E-state index contributed by atoms with van der Waals surface area (Å²) in [6.07, 6.45) is -5.66. The predicted octanol–water partition coefficient (Wildman–Crippen LogP) is 0.528. The first-order valence-corrected chi connectivity index (χ1v) is 3.33. The summed E-state index contributed by atoms with van der Waals surface area (Å²) in [6, 6.07) is -1.23. The zero-order valence-corrected chi connectivity index (χ0v) is 6.68. The van der Waals surface area contributed by atoms with Crippen molar-refractivity contribution in [1.82, 2.24) is 5.32 Å². The highest BCUT2D eigenvalue weighted by Crippen LogP contribution is 2.21. The fraction of sp³-hybridized carbons (Fsp3) is 0.667. The molecule has 0 aliphatic carbocycles. The molecule has 0 aromatic heterocycles. The monoisotopic (exact) mass is 199 g/mol. The summed E-state index contributed by atoms with van der Waals surface area (Å²) in [7, 11) is 0. The van der Waals surface area contributed by atoms with Crippen LogP contribution < -0.4 is 5.32 Å². The number of hydrogen-bond donors (Lipinski definition) is 2. The van der Waals surface area contributed by atoms with Crippen molar-refractivity contribution in [2.45, 2.75) is 25.6 Å².